The van der Waals surface area contributed by atoms with Gasteiger partial charge < -0.3 is 4.74 Å². The van der Waals surface area contributed by atoms with Crippen LogP contribution in [-0.4, -0.2) is 24.9 Å². The van der Waals surface area contributed by atoms with Gasteiger partial charge in [-0.2, -0.15) is 26.3 Å². The summed E-state index contributed by atoms with van der Waals surface area (Å²) in [6.45, 7) is 5.09. The molecule has 0 aliphatic carbocycles. The van der Waals surface area contributed by atoms with Gasteiger partial charge in [-0.15, -0.1) is 6.58 Å². The molecule has 0 fully saturated rings. The first-order valence-electron chi connectivity index (χ1n) is 4.57. The number of hydrogen-bond acceptors (Lipinski definition) is 2. The molecule has 2 nitrogen and oxygen atoms in total. The average molecular weight is 276 g/mol. The molecule has 0 amide bonds. The summed E-state index contributed by atoms with van der Waals surface area (Å²) in [5, 5.41) is 0. The number of allylic oxidation sites excluding steroid dienone is 1. The third-order valence-corrected chi connectivity index (χ3v) is 2.10. The lowest BCUT2D eigenvalue weighted by molar-refractivity contribution is -0.331. The van der Waals surface area contributed by atoms with E-state index in [2.05, 4.69) is 17.9 Å². The first-order chi connectivity index (χ1) is 8.04. The fraction of sp³-hybridized carbons (Fsp3) is 0.500. The number of hydrogen-bond donors (Lipinski definition) is 0. The Morgan fingerprint density at radius 2 is 1.44 bits per heavy atom. The Kier molecular flexibility index (Phi) is 5.00. The lowest BCUT2D eigenvalue weighted by atomic mass is 9.82. The summed E-state index contributed by atoms with van der Waals surface area (Å²) in [6.07, 6.45) is -12.1. The molecule has 0 atom stereocenters. The molecule has 0 N–H and O–H groups in total. The molecule has 0 aliphatic rings. The molecular weight excluding hydrogens is 266 g/mol. The number of carbonyl (C=O) groups is 1. The minimum Gasteiger partial charge on any atom is -0.461 e. The van der Waals surface area contributed by atoms with E-state index in [4.69, 9.17) is 0 Å². The van der Waals surface area contributed by atoms with Crippen molar-refractivity contribution in [2.24, 2.45) is 5.41 Å². The summed E-state index contributed by atoms with van der Waals surface area (Å²) in [4.78, 5) is 11.1. The standard InChI is InChI=1S/C10H10F6O2/c1-3-5-8(9(11,12)13,10(14,15)16)7(17)18-6-4-2/h3-4H,1-2,5-6H2. The maximum atomic E-state index is 12.6. The van der Waals surface area contributed by atoms with Crippen LogP contribution in [0, 0.1) is 5.41 Å². The maximum absolute atomic E-state index is 12.6. The first-order valence-corrected chi connectivity index (χ1v) is 4.57. The van der Waals surface area contributed by atoms with E-state index >= 15 is 0 Å². The van der Waals surface area contributed by atoms with Crippen LogP contribution in [0.3, 0.4) is 0 Å². The van der Waals surface area contributed by atoms with Crippen LogP contribution in [-0.2, 0) is 9.53 Å². The molecule has 0 radical (unpaired) electrons. The molecule has 0 heterocycles. The number of rotatable bonds is 5. The van der Waals surface area contributed by atoms with E-state index in [1.54, 1.807) is 0 Å². The van der Waals surface area contributed by atoms with Crippen molar-refractivity contribution in [3.05, 3.63) is 25.3 Å². The molecule has 0 aromatic heterocycles. The van der Waals surface area contributed by atoms with Gasteiger partial charge in [0, 0.05) is 0 Å². The number of carbonyl (C=O) groups excluding carboxylic acids is 1. The lowest BCUT2D eigenvalue weighted by Gasteiger charge is -2.33. The van der Waals surface area contributed by atoms with Crippen molar-refractivity contribution in [2.45, 2.75) is 18.8 Å². The van der Waals surface area contributed by atoms with Gasteiger partial charge in [0.05, 0.1) is 0 Å². The smallest absolute Gasteiger partial charge is 0.414 e. The van der Waals surface area contributed by atoms with Crippen LogP contribution in [0.5, 0.6) is 0 Å². The monoisotopic (exact) mass is 276 g/mol. The third-order valence-electron chi connectivity index (χ3n) is 2.10. The largest absolute Gasteiger partial charge is 0.461 e. The molecule has 0 aromatic carbocycles. The van der Waals surface area contributed by atoms with Crippen LogP contribution in [0.15, 0.2) is 25.3 Å². The van der Waals surface area contributed by atoms with Crippen molar-refractivity contribution in [1.29, 1.82) is 0 Å². The predicted octanol–water partition coefficient (Wildman–Crippen LogP) is 3.40. The van der Waals surface area contributed by atoms with Gasteiger partial charge in [0.15, 0.2) is 0 Å². The van der Waals surface area contributed by atoms with E-state index < -0.39 is 36.8 Å². The molecule has 0 aliphatic heterocycles. The van der Waals surface area contributed by atoms with Crippen LogP contribution >= 0.6 is 0 Å². The van der Waals surface area contributed by atoms with Gasteiger partial charge in [0.2, 0.25) is 0 Å². The average Bonchev–Trinajstić information content (AvgIpc) is 2.18. The molecule has 0 rings (SSSR count). The fourth-order valence-corrected chi connectivity index (χ4v) is 1.18. The Hall–Kier alpha value is -1.47. The zero-order chi connectivity index (χ0) is 14.6. The van der Waals surface area contributed by atoms with E-state index in [1.165, 1.54) is 0 Å². The minimum atomic E-state index is -5.84. The molecule has 18 heavy (non-hydrogen) atoms. The van der Waals surface area contributed by atoms with Crippen LogP contribution in [0.25, 0.3) is 0 Å². The van der Waals surface area contributed by atoms with Crippen LogP contribution < -0.4 is 0 Å². The Morgan fingerprint density at radius 1 is 1.00 bits per heavy atom. The van der Waals surface area contributed by atoms with Gasteiger partial charge in [-0.05, 0) is 6.42 Å². The number of esters is 1. The van der Waals surface area contributed by atoms with Crippen molar-refractivity contribution >= 4 is 5.97 Å². The van der Waals surface area contributed by atoms with E-state index in [1.807, 2.05) is 0 Å². The third kappa shape index (κ3) is 2.85. The molecule has 0 unspecified atom stereocenters. The van der Waals surface area contributed by atoms with Crippen LogP contribution in [0.1, 0.15) is 6.42 Å². The van der Waals surface area contributed by atoms with E-state index in [0.717, 1.165) is 6.08 Å². The quantitative estimate of drug-likeness (QED) is 0.437. The summed E-state index contributed by atoms with van der Waals surface area (Å²) < 4.78 is 79.8. The van der Waals surface area contributed by atoms with Crippen molar-refractivity contribution in [2.75, 3.05) is 6.61 Å². The number of alkyl halides is 6. The molecule has 0 aromatic rings. The van der Waals surface area contributed by atoms with Crippen molar-refractivity contribution in [1.82, 2.24) is 0 Å². The van der Waals surface area contributed by atoms with Crippen LogP contribution in [0.4, 0.5) is 26.3 Å². The minimum absolute atomic E-state index is 0.371. The second kappa shape index (κ2) is 5.45. The molecule has 0 bridgehead atoms. The van der Waals surface area contributed by atoms with Gasteiger partial charge in [-0.1, -0.05) is 18.7 Å². The number of ether oxygens (including phenoxy) is 1. The Labute approximate surface area is 98.9 Å². The maximum Gasteiger partial charge on any atom is 0.414 e. The van der Waals surface area contributed by atoms with Gasteiger partial charge in [-0.25, -0.2) is 0 Å². The highest BCUT2D eigenvalue weighted by molar-refractivity contribution is 5.79. The highest BCUT2D eigenvalue weighted by atomic mass is 19.4. The predicted molar refractivity (Wildman–Crippen MR) is 50.5 cm³/mol. The van der Waals surface area contributed by atoms with Crippen LogP contribution in [0.2, 0.25) is 0 Å². The second-order valence-corrected chi connectivity index (χ2v) is 3.28. The zero-order valence-corrected chi connectivity index (χ0v) is 9.07. The molecule has 0 spiro atoms. The van der Waals surface area contributed by atoms with Gasteiger partial charge in [0.1, 0.15) is 6.61 Å². The van der Waals surface area contributed by atoms with Gasteiger partial charge in [-0.3, -0.25) is 4.79 Å². The van der Waals surface area contributed by atoms with Crippen molar-refractivity contribution in [3.63, 3.8) is 0 Å². The number of halogens is 6. The van der Waals surface area contributed by atoms with E-state index in [-0.39, 0.29) is 0 Å². The highest BCUT2D eigenvalue weighted by Gasteiger charge is 2.75. The SMILES string of the molecule is C=CCOC(=O)C(CC=C)(C(F)(F)F)C(F)(F)F. The normalized spacial score (nSPS) is 13.0. The van der Waals surface area contributed by atoms with Crippen molar-refractivity contribution in [3.8, 4) is 0 Å². The summed E-state index contributed by atoms with van der Waals surface area (Å²) in [7, 11) is 0. The molecule has 8 heteroatoms. The fourth-order valence-electron chi connectivity index (χ4n) is 1.18. The molecular formula is C10H10F6O2. The van der Waals surface area contributed by atoms with Crippen molar-refractivity contribution < 1.29 is 35.9 Å². The summed E-state index contributed by atoms with van der Waals surface area (Å²) in [6, 6.07) is 0. The zero-order valence-electron chi connectivity index (χ0n) is 9.07. The summed E-state index contributed by atoms with van der Waals surface area (Å²) >= 11 is 0. The topological polar surface area (TPSA) is 26.3 Å². The Bertz CT molecular complexity index is 314. The Balaban J connectivity index is 5.70. The summed E-state index contributed by atoms with van der Waals surface area (Å²) in [5.74, 6) is -2.41. The van der Waals surface area contributed by atoms with E-state index in [0.29, 0.717) is 6.08 Å². The first kappa shape index (κ1) is 16.5. The van der Waals surface area contributed by atoms with Gasteiger partial charge in [0.25, 0.3) is 5.41 Å². The molecule has 0 saturated heterocycles. The highest BCUT2D eigenvalue weighted by Crippen LogP contribution is 2.53. The Morgan fingerprint density at radius 3 is 1.72 bits per heavy atom. The van der Waals surface area contributed by atoms with E-state index in [9.17, 15) is 31.1 Å². The van der Waals surface area contributed by atoms with Gasteiger partial charge >= 0.3 is 18.3 Å². The lowest BCUT2D eigenvalue weighted by Crippen LogP contribution is -2.56. The molecule has 0 saturated carbocycles. The molecule has 104 valence electrons. The summed E-state index contributed by atoms with van der Waals surface area (Å²) in [5.41, 5.74) is -4.59. The second-order valence-electron chi connectivity index (χ2n) is 3.28.